The summed E-state index contributed by atoms with van der Waals surface area (Å²) >= 11 is 0. The first kappa shape index (κ1) is 13.7. The van der Waals surface area contributed by atoms with Gasteiger partial charge in [-0.1, -0.05) is 13.8 Å². The van der Waals surface area contributed by atoms with Crippen LogP contribution < -0.4 is 10.6 Å². The van der Waals surface area contributed by atoms with Gasteiger partial charge in [-0.05, 0) is 19.8 Å². The molecule has 5 heteroatoms. The number of ether oxygens (including phenoxy) is 1. The third kappa shape index (κ3) is 6.76. The number of hydrogen-bond donors (Lipinski definition) is 2. The van der Waals surface area contributed by atoms with E-state index in [0.717, 1.165) is 12.8 Å². The van der Waals surface area contributed by atoms with Crippen molar-refractivity contribution < 1.29 is 14.3 Å². The predicted octanol–water partition coefficient (Wildman–Crippen LogP) is 1.04. The summed E-state index contributed by atoms with van der Waals surface area (Å²) in [5, 5.41) is 5.20. The van der Waals surface area contributed by atoms with Crippen LogP contribution in [0.4, 0.5) is 4.79 Å². The zero-order valence-corrected chi connectivity index (χ0v) is 9.63. The third-order valence-electron chi connectivity index (χ3n) is 2.02. The lowest BCUT2D eigenvalue weighted by molar-refractivity contribution is -0.141. The van der Waals surface area contributed by atoms with Gasteiger partial charge in [0, 0.05) is 6.04 Å². The third-order valence-corrected chi connectivity index (χ3v) is 2.02. The highest BCUT2D eigenvalue weighted by Crippen LogP contribution is 1.94. The molecule has 0 fully saturated rings. The van der Waals surface area contributed by atoms with E-state index >= 15 is 0 Å². The van der Waals surface area contributed by atoms with Crippen LogP contribution in [0.3, 0.4) is 0 Å². The summed E-state index contributed by atoms with van der Waals surface area (Å²) in [6.07, 6.45) is 1.76. The summed E-state index contributed by atoms with van der Waals surface area (Å²) in [5.41, 5.74) is 0. The standard InChI is InChI=1S/C10H20N2O3/c1-4-8(5-2)12-10(14)11-7-9(13)15-6-3/h8H,4-7H2,1-3H3,(H2,11,12,14). The van der Waals surface area contributed by atoms with Gasteiger partial charge in [-0.15, -0.1) is 0 Å². The topological polar surface area (TPSA) is 67.4 Å². The first-order valence-electron chi connectivity index (χ1n) is 5.33. The molecule has 0 radical (unpaired) electrons. The fraction of sp³-hybridized carbons (Fsp3) is 0.800. The van der Waals surface area contributed by atoms with Crippen molar-refractivity contribution in [2.24, 2.45) is 0 Å². The van der Waals surface area contributed by atoms with Gasteiger partial charge in [-0.3, -0.25) is 4.79 Å². The Bertz CT molecular complexity index is 203. The van der Waals surface area contributed by atoms with E-state index in [-0.39, 0.29) is 18.6 Å². The highest BCUT2D eigenvalue weighted by Gasteiger charge is 2.09. The van der Waals surface area contributed by atoms with Gasteiger partial charge < -0.3 is 15.4 Å². The monoisotopic (exact) mass is 216 g/mol. The maximum Gasteiger partial charge on any atom is 0.325 e. The van der Waals surface area contributed by atoms with Gasteiger partial charge in [0.05, 0.1) is 6.61 Å². The van der Waals surface area contributed by atoms with Crippen LogP contribution in [0, 0.1) is 0 Å². The first-order chi connectivity index (χ1) is 7.13. The van der Waals surface area contributed by atoms with Crippen LogP contribution in [0.25, 0.3) is 0 Å². The molecule has 0 rings (SSSR count). The second-order valence-corrected chi connectivity index (χ2v) is 3.15. The molecule has 0 atom stereocenters. The van der Waals surface area contributed by atoms with Crippen LogP contribution >= 0.6 is 0 Å². The Morgan fingerprint density at radius 3 is 2.27 bits per heavy atom. The van der Waals surface area contributed by atoms with Crippen molar-refractivity contribution in [2.45, 2.75) is 39.7 Å². The van der Waals surface area contributed by atoms with Gasteiger partial charge in [0.2, 0.25) is 0 Å². The maximum atomic E-state index is 11.2. The van der Waals surface area contributed by atoms with Crippen LogP contribution in [0.2, 0.25) is 0 Å². The molecular formula is C10H20N2O3. The molecule has 0 aliphatic heterocycles. The quantitative estimate of drug-likeness (QED) is 0.652. The molecule has 0 aromatic rings. The molecule has 0 unspecified atom stereocenters. The van der Waals surface area contributed by atoms with Gasteiger partial charge in [0.15, 0.2) is 0 Å². The van der Waals surface area contributed by atoms with Crippen LogP contribution in [-0.4, -0.2) is 31.2 Å². The van der Waals surface area contributed by atoms with Crippen molar-refractivity contribution >= 4 is 12.0 Å². The number of rotatable bonds is 6. The lowest BCUT2D eigenvalue weighted by Crippen LogP contribution is -2.43. The zero-order valence-electron chi connectivity index (χ0n) is 9.63. The van der Waals surface area contributed by atoms with Crippen molar-refractivity contribution in [1.82, 2.24) is 10.6 Å². The molecule has 0 heterocycles. The van der Waals surface area contributed by atoms with Crippen LogP contribution in [0.5, 0.6) is 0 Å². The predicted molar refractivity (Wildman–Crippen MR) is 57.5 cm³/mol. The Labute approximate surface area is 90.6 Å². The minimum absolute atomic E-state index is 0.0835. The molecule has 0 aliphatic carbocycles. The van der Waals surface area contributed by atoms with Crippen LogP contribution in [0.1, 0.15) is 33.6 Å². The molecule has 0 aromatic heterocycles. The van der Waals surface area contributed by atoms with Crippen molar-refractivity contribution in [3.8, 4) is 0 Å². The molecule has 0 saturated carbocycles. The van der Waals surface area contributed by atoms with Crippen molar-refractivity contribution in [3.05, 3.63) is 0 Å². The average Bonchev–Trinajstić information content (AvgIpc) is 2.23. The number of amides is 2. The molecule has 2 N–H and O–H groups in total. The second-order valence-electron chi connectivity index (χ2n) is 3.15. The average molecular weight is 216 g/mol. The van der Waals surface area contributed by atoms with Gasteiger partial charge in [-0.25, -0.2) is 4.79 Å². The number of carbonyl (C=O) groups is 2. The molecule has 15 heavy (non-hydrogen) atoms. The normalized spacial score (nSPS) is 9.87. The van der Waals surface area contributed by atoms with E-state index in [1.807, 2.05) is 13.8 Å². The minimum atomic E-state index is -0.419. The molecular weight excluding hydrogens is 196 g/mol. The summed E-state index contributed by atoms with van der Waals surface area (Å²) in [7, 11) is 0. The van der Waals surface area contributed by atoms with E-state index in [2.05, 4.69) is 15.4 Å². The van der Waals surface area contributed by atoms with E-state index in [1.54, 1.807) is 6.92 Å². The molecule has 0 aromatic carbocycles. The van der Waals surface area contributed by atoms with Crippen molar-refractivity contribution in [3.63, 3.8) is 0 Å². The lowest BCUT2D eigenvalue weighted by Gasteiger charge is -2.14. The van der Waals surface area contributed by atoms with E-state index in [4.69, 9.17) is 0 Å². The highest BCUT2D eigenvalue weighted by atomic mass is 16.5. The summed E-state index contributed by atoms with van der Waals surface area (Å²) < 4.78 is 4.67. The molecule has 0 aliphatic rings. The van der Waals surface area contributed by atoms with Gasteiger partial charge >= 0.3 is 12.0 Å². The molecule has 0 saturated heterocycles. The Kier molecular flexibility index (Phi) is 7.40. The lowest BCUT2D eigenvalue weighted by atomic mass is 10.2. The van der Waals surface area contributed by atoms with Gasteiger partial charge in [0.25, 0.3) is 0 Å². The van der Waals surface area contributed by atoms with Crippen LogP contribution in [-0.2, 0) is 9.53 Å². The molecule has 0 spiro atoms. The van der Waals surface area contributed by atoms with E-state index in [9.17, 15) is 9.59 Å². The van der Waals surface area contributed by atoms with E-state index in [0.29, 0.717) is 6.61 Å². The molecule has 5 nitrogen and oxygen atoms in total. The fourth-order valence-electron chi connectivity index (χ4n) is 1.09. The van der Waals surface area contributed by atoms with Crippen LogP contribution in [0.15, 0.2) is 0 Å². The summed E-state index contributed by atoms with van der Waals surface area (Å²) in [6.45, 7) is 5.97. The molecule has 0 bridgehead atoms. The zero-order chi connectivity index (χ0) is 11.7. The number of urea groups is 1. The maximum absolute atomic E-state index is 11.2. The van der Waals surface area contributed by atoms with Gasteiger partial charge in [-0.2, -0.15) is 0 Å². The van der Waals surface area contributed by atoms with Crippen molar-refractivity contribution in [2.75, 3.05) is 13.2 Å². The first-order valence-corrected chi connectivity index (χ1v) is 5.33. The number of nitrogens with one attached hydrogen (secondary N) is 2. The van der Waals surface area contributed by atoms with E-state index in [1.165, 1.54) is 0 Å². The Morgan fingerprint density at radius 2 is 1.80 bits per heavy atom. The Balaban J connectivity index is 3.69. The van der Waals surface area contributed by atoms with E-state index < -0.39 is 5.97 Å². The molecule has 88 valence electrons. The number of carbonyl (C=O) groups excluding carboxylic acids is 2. The van der Waals surface area contributed by atoms with Gasteiger partial charge in [0.1, 0.15) is 6.54 Å². The smallest absolute Gasteiger partial charge is 0.325 e. The number of esters is 1. The Hall–Kier alpha value is -1.26. The summed E-state index contributed by atoms with van der Waals surface area (Å²) in [5.74, 6) is -0.419. The van der Waals surface area contributed by atoms with Crippen molar-refractivity contribution in [1.29, 1.82) is 0 Å². The summed E-state index contributed by atoms with van der Waals surface area (Å²) in [6, 6.07) is -0.163. The largest absolute Gasteiger partial charge is 0.465 e. The number of hydrogen-bond acceptors (Lipinski definition) is 3. The minimum Gasteiger partial charge on any atom is -0.465 e. The summed E-state index contributed by atoms with van der Waals surface area (Å²) in [4.78, 5) is 22.2. The Morgan fingerprint density at radius 1 is 1.20 bits per heavy atom. The highest BCUT2D eigenvalue weighted by molar-refractivity contribution is 5.80. The molecule has 2 amide bonds. The fourth-order valence-corrected chi connectivity index (χ4v) is 1.09. The second kappa shape index (κ2) is 8.08. The SMILES string of the molecule is CCOC(=O)CNC(=O)NC(CC)CC.